The summed E-state index contributed by atoms with van der Waals surface area (Å²) in [7, 11) is 0. The molecule has 1 aromatic heterocycles. The first kappa shape index (κ1) is 46.7. The van der Waals surface area contributed by atoms with Crippen LogP contribution in [0.1, 0.15) is 219 Å². The molecule has 0 aliphatic carbocycles. The second-order valence-corrected chi connectivity index (χ2v) is 15.5. The molecule has 2 rings (SSSR count). The Bertz CT molecular complexity index is 1010. The lowest BCUT2D eigenvalue weighted by molar-refractivity contribution is 0.232. The molecule has 0 aliphatic rings. The highest BCUT2D eigenvalue weighted by molar-refractivity contribution is 5.54. The van der Waals surface area contributed by atoms with Gasteiger partial charge < -0.3 is 18.9 Å². The van der Waals surface area contributed by atoms with Crippen molar-refractivity contribution < 1.29 is 18.9 Å². The smallest absolute Gasteiger partial charge is 0.203 e. The molecule has 0 saturated carbocycles. The SMILES string of the molecule is CCCCCCCCCCCCOc1cc(COc2ccncc2)cc(OCCCCCCCCCCCC)c1OCCCCCCCCCCCC. The Labute approximate surface area is 328 Å². The van der Waals surface area contributed by atoms with Gasteiger partial charge in [-0.2, -0.15) is 0 Å². The molecule has 304 valence electrons. The number of aromatic nitrogens is 1. The molecular weight excluding hydrogens is 655 g/mol. The van der Waals surface area contributed by atoms with E-state index in [4.69, 9.17) is 18.9 Å². The van der Waals surface area contributed by atoms with Crippen molar-refractivity contribution in [2.45, 2.75) is 220 Å². The van der Waals surface area contributed by atoms with E-state index in [2.05, 4.69) is 37.9 Å². The molecule has 0 spiro atoms. The van der Waals surface area contributed by atoms with E-state index >= 15 is 0 Å². The monoisotopic (exact) mass is 738 g/mol. The summed E-state index contributed by atoms with van der Waals surface area (Å²) >= 11 is 0. The van der Waals surface area contributed by atoms with E-state index in [-0.39, 0.29) is 0 Å². The molecule has 2 aromatic rings. The minimum Gasteiger partial charge on any atom is -0.490 e. The molecule has 0 radical (unpaired) electrons. The normalized spacial score (nSPS) is 11.2. The van der Waals surface area contributed by atoms with E-state index in [1.54, 1.807) is 12.4 Å². The van der Waals surface area contributed by atoms with Crippen molar-refractivity contribution in [2.75, 3.05) is 19.8 Å². The van der Waals surface area contributed by atoms with Crippen LogP contribution < -0.4 is 18.9 Å². The molecule has 0 aliphatic heterocycles. The van der Waals surface area contributed by atoms with Crippen LogP contribution in [0.15, 0.2) is 36.7 Å². The lowest BCUT2D eigenvalue weighted by atomic mass is 10.1. The summed E-state index contributed by atoms with van der Waals surface area (Å²) in [6.45, 7) is 9.37. The summed E-state index contributed by atoms with van der Waals surface area (Å²) in [6, 6.07) is 8.02. The van der Waals surface area contributed by atoms with Crippen molar-refractivity contribution in [1.82, 2.24) is 4.98 Å². The Kier molecular flexibility index (Phi) is 31.1. The second-order valence-electron chi connectivity index (χ2n) is 15.5. The molecule has 0 fully saturated rings. The van der Waals surface area contributed by atoms with Crippen molar-refractivity contribution in [3.8, 4) is 23.0 Å². The Morgan fingerprint density at radius 3 is 1.06 bits per heavy atom. The van der Waals surface area contributed by atoms with E-state index < -0.39 is 0 Å². The summed E-state index contributed by atoms with van der Waals surface area (Å²) in [4.78, 5) is 4.13. The highest BCUT2D eigenvalue weighted by Crippen LogP contribution is 2.40. The van der Waals surface area contributed by atoms with Crippen LogP contribution in [0, 0.1) is 0 Å². The molecule has 0 saturated heterocycles. The molecule has 0 N–H and O–H groups in total. The molecule has 0 unspecified atom stereocenters. The van der Waals surface area contributed by atoms with Gasteiger partial charge in [-0.05, 0) is 49.1 Å². The average Bonchev–Trinajstić information content (AvgIpc) is 3.18. The van der Waals surface area contributed by atoms with Crippen molar-refractivity contribution in [3.63, 3.8) is 0 Å². The van der Waals surface area contributed by atoms with Crippen LogP contribution in [0.3, 0.4) is 0 Å². The van der Waals surface area contributed by atoms with Crippen LogP contribution in [-0.2, 0) is 6.61 Å². The molecule has 0 amide bonds. The number of unbranched alkanes of at least 4 members (excludes halogenated alkanes) is 27. The first-order valence-corrected chi connectivity index (χ1v) is 22.9. The van der Waals surface area contributed by atoms with Crippen LogP contribution in [0.25, 0.3) is 0 Å². The van der Waals surface area contributed by atoms with E-state index in [0.29, 0.717) is 26.4 Å². The summed E-state index contributed by atoms with van der Waals surface area (Å²) in [5.41, 5.74) is 1.03. The molecule has 0 bridgehead atoms. The second kappa shape index (κ2) is 35.3. The van der Waals surface area contributed by atoms with Gasteiger partial charge in [-0.25, -0.2) is 0 Å². The summed E-state index contributed by atoms with van der Waals surface area (Å²) in [5.74, 6) is 3.17. The molecule has 0 atom stereocenters. The predicted octanol–water partition coefficient (Wildman–Crippen LogP) is 15.6. The predicted molar refractivity (Wildman–Crippen MR) is 227 cm³/mol. The Morgan fingerprint density at radius 1 is 0.377 bits per heavy atom. The zero-order valence-corrected chi connectivity index (χ0v) is 35.1. The highest BCUT2D eigenvalue weighted by atomic mass is 16.5. The average molecular weight is 738 g/mol. The Morgan fingerprint density at radius 2 is 0.698 bits per heavy atom. The topological polar surface area (TPSA) is 49.8 Å². The molecule has 1 heterocycles. The fourth-order valence-electron chi connectivity index (χ4n) is 6.98. The van der Waals surface area contributed by atoms with E-state index in [0.717, 1.165) is 47.8 Å². The third-order valence-electron chi connectivity index (χ3n) is 10.4. The van der Waals surface area contributed by atoms with Crippen molar-refractivity contribution >= 4 is 0 Å². The summed E-state index contributed by atoms with van der Waals surface area (Å²) in [6.07, 6.45) is 42.9. The van der Waals surface area contributed by atoms with Gasteiger partial charge >= 0.3 is 0 Å². The zero-order valence-electron chi connectivity index (χ0n) is 35.1. The first-order valence-electron chi connectivity index (χ1n) is 22.9. The number of benzene rings is 1. The van der Waals surface area contributed by atoms with Gasteiger partial charge in [0, 0.05) is 12.4 Å². The molecule has 5 nitrogen and oxygen atoms in total. The van der Waals surface area contributed by atoms with Gasteiger partial charge in [-0.3, -0.25) is 4.98 Å². The van der Waals surface area contributed by atoms with Gasteiger partial charge in [-0.1, -0.05) is 194 Å². The quantitative estimate of drug-likeness (QED) is 0.0639. The fourth-order valence-corrected chi connectivity index (χ4v) is 6.98. The summed E-state index contributed by atoms with van der Waals surface area (Å²) < 4.78 is 25.8. The van der Waals surface area contributed by atoms with Crippen molar-refractivity contribution in [2.24, 2.45) is 0 Å². The maximum atomic E-state index is 6.56. The minimum atomic E-state index is 0.436. The molecule has 5 heteroatoms. The zero-order chi connectivity index (χ0) is 37.7. The third-order valence-corrected chi connectivity index (χ3v) is 10.4. The van der Waals surface area contributed by atoms with Gasteiger partial charge in [0.05, 0.1) is 19.8 Å². The number of hydrogen-bond acceptors (Lipinski definition) is 5. The van der Waals surface area contributed by atoms with Gasteiger partial charge in [-0.15, -0.1) is 0 Å². The number of nitrogens with zero attached hydrogens (tertiary/aromatic N) is 1. The summed E-state index contributed by atoms with van der Waals surface area (Å²) in [5, 5.41) is 0. The van der Waals surface area contributed by atoms with Crippen LogP contribution in [0.2, 0.25) is 0 Å². The largest absolute Gasteiger partial charge is 0.490 e. The highest BCUT2D eigenvalue weighted by Gasteiger charge is 2.17. The fraction of sp³-hybridized carbons (Fsp3) is 0.771. The number of ether oxygens (including phenoxy) is 4. The van der Waals surface area contributed by atoms with Gasteiger partial charge in [0.2, 0.25) is 5.75 Å². The number of rotatable bonds is 39. The van der Waals surface area contributed by atoms with Crippen LogP contribution >= 0.6 is 0 Å². The maximum absolute atomic E-state index is 6.56. The third kappa shape index (κ3) is 26.1. The Hall–Kier alpha value is -2.43. The van der Waals surface area contributed by atoms with Crippen molar-refractivity contribution in [1.29, 1.82) is 0 Å². The van der Waals surface area contributed by atoms with Crippen LogP contribution in [-0.4, -0.2) is 24.8 Å². The lowest BCUT2D eigenvalue weighted by Gasteiger charge is -2.19. The van der Waals surface area contributed by atoms with E-state index in [9.17, 15) is 0 Å². The number of hydrogen-bond donors (Lipinski definition) is 0. The van der Waals surface area contributed by atoms with Gasteiger partial charge in [0.15, 0.2) is 11.5 Å². The Balaban J connectivity index is 1.97. The van der Waals surface area contributed by atoms with Crippen LogP contribution in [0.5, 0.6) is 23.0 Å². The maximum Gasteiger partial charge on any atom is 0.203 e. The molecule has 1 aromatic carbocycles. The first-order chi connectivity index (χ1) is 26.3. The van der Waals surface area contributed by atoms with Gasteiger partial charge in [0.1, 0.15) is 12.4 Å². The van der Waals surface area contributed by atoms with E-state index in [1.807, 2.05) is 12.1 Å². The van der Waals surface area contributed by atoms with Crippen molar-refractivity contribution in [3.05, 3.63) is 42.2 Å². The van der Waals surface area contributed by atoms with Crippen LogP contribution in [0.4, 0.5) is 0 Å². The van der Waals surface area contributed by atoms with Gasteiger partial charge in [0.25, 0.3) is 0 Å². The molecule has 53 heavy (non-hydrogen) atoms. The standard InChI is InChI=1S/C48H83NO4/c1-4-7-10-13-16-19-22-25-28-31-38-50-46-41-44(43-53-45-34-36-49-37-35-45)42-47(51-39-32-29-26-23-20-17-14-11-8-5-2)48(46)52-40-33-30-27-24-21-18-15-12-9-6-3/h34-37,41-42H,4-33,38-40,43H2,1-3H3. The lowest BCUT2D eigenvalue weighted by Crippen LogP contribution is -2.08. The number of pyridine rings is 1. The van der Waals surface area contributed by atoms with E-state index in [1.165, 1.54) is 173 Å². The molecular formula is C48H83NO4. The minimum absolute atomic E-state index is 0.436.